The molecule has 0 saturated carbocycles. The third-order valence-corrected chi connectivity index (χ3v) is 2.77. The van der Waals surface area contributed by atoms with Gasteiger partial charge in [0.1, 0.15) is 0 Å². The molecule has 0 unspecified atom stereocenters. The molecule has 3 heteroatoms. The van der Waals surface area contributed by atoms with Crippen molar-refractivity contribution in [1.82, 2.24) is 9.88 Å². The van der Waals surface area contributed by atoms with Crippen LogP contribution in [-0.2, 0) is 20.1 Å². The van der Waals surface area contributed by atoms with Gasteiger partial charge >= 0.3 is 0 Å². The lowest BCUT2D eigenvalue weighted by Crippen LogP contribution is -2.14. The molecule has 1 N–H and O–H groups in total. The number of nitrogens with one attached hydrogen (secondary N) is 1. The molecule has 0 spiro atoms. The Morgan fingerprint density at radius 2 is 1.94 bits per heavy atom. The quantitative estimate of drug-likeness (QED) is 0.866. The fourth-order valence-corrected chi connectivity index (χ4v) is 1.71. The van der Waals surface area contributed by atoms with Crippen molar-refractivity contribution >= 4 is 0 Å². The van der Waals surface area contributed by atoms with Gasteiger partial charge in [0, 0.05) is 32.0 Å². The number of benzene rings is 1. The summed E-state index contributed by atoms with van der Waals surface area (Å²) in [5.41, 5.74) is 3.16. The highest BCUT2D eigenvalue weighted by atomic mass is 15.0. The second-order valence-electron chi connectivity index (χ2n) is 4.02. The summed E-state index contributed by atoms with van der Waals surface area (Å²) in [5.74, 6) is 0. The monoisotopic (exact) mass is 225 g/mol. The smallest absolute Gasteiger partial charge is 0.0991 e. The summed E-state index contributed by atoms with van der Waals surface area (Å²) in [6, 6.07) is 13.9. The average molecular weight is 225 g/mol. The van der Waals surface area contributed by atoms with Crippen molar-refractivity contribution in [3.05, 3.63) is 59.4 Å². The van der Waals surface area contributed by atoms with Gasteiger partial charge in [-0.25, -0.2) is 0 Å². The molecule has 3 nitrogen and oxygen atoms in total. The summed E-state index contributed by atoms with van der Waals surface area (Å²) < 4.78 is 2.10. The third kappa shape index (κ3) is 2.96. The largest absolute Gasteiger partial charge is 0.353 e. The molecule has 0 saturated heterocycles. The van der Waals surface area contributed by atoms with Crippen molar-refractivity contribution < 1.29 is 0 Å². The zero-order valence-electron chi connectivity index (χ0n) is 9.85. The standard InChI is InChI=1S/C14H15N3/c1-17-8-2-3-14(17)11-16-10-13-6-4-12(9-15)5-7-13/h2-8,16H,10-11H2,1H3. The van der Waals surface area contributed by atoms with Gasteiger partial charge in [0.2, 0.25) is 0 Å². The molecule has 1 aromatic heterocycles. The van der Waals surface area contributed by atoms with E-state index in [-0.39, 0.29) is 0 Å². The zero-order chi connectivity index (χ0) is 12.1. The van der Waals surface area contributed by atoms with E-state index in [0.29, 0.717) is 5.56 Å². The van der Waals surface area contributed by atoms with E-state index < -0.39 is 0 Å². The molecule has 0 aliphatic carbocycles. The van der Waals surface area contributed by atoms with Crippen LogP contribution in [0.1, 0.15) is 16.8 Å². The van der Waals surface area contributed by atoms with Gasteiger partial charge in [-0.05, 0) is 29.8 Å². The Kier molecular flexibility index (Phi) is 3.59. The van der Waals surface area contributed by atoms with Gasteiger partial charge in [-0.3, -0.25) is 0 Å². The fraction of sp³-hybridized carbons (Fsp3) is 0.214. The number of rotatable bonds is 4. The first-order chi connectivity index (χ1) is 8.29. The SMILES string of the molecule is Cn1cccc1CNCc1ccc(C#N)cc1. The van der Waals surface area contributed by atoms with Crippen LogP contribution in [0.15, 0.2) is 42.6 Å². The van der Waals surface area contributed by atoms with Crippen LogP contribution in [0, 0.1) is 11.3 Å². The van der Waals surface area contributed by atoms with Crippen LogP contribution in [0.2, 0.25) is 0 Å². The van der Waals surface area contributed by atoms with Gasteiger partial charge in [-0.15, -0.1) is 0 Å². The van der Waals surface area contributed by atoms with Crippen LogP contribution in [0.3, 0.4) is 0 Å². The van der Waals surface area contributed by atoms with E-state index in [1.54, 1.807) is 0 Å². The normalized spacial score (nSPS) is 10.1. The molecule has 0 fully saturated rings. The highest BCUT2D eigenvalue weighted by Crippen LogP contribution is 2.04. The molecule has 0 aliphatic heterocycles. The number of nitriles is 1. The molecular weight excluding hydrogens is 210 g/mol. The fourth-order valence-electron chi connectivity index (χ4n) is 1.71. The van der Waals surface area contributed by atoms with Crippen molar-refractivity contribution in [2.24, 2.45) is 7.05 Å². The van der Waals surface area contributed by atoms with Crippen LogP contribution in [0.5, 0.6) is 0 Å². The number of nitrogens with zero attached hydrogens (tertiary/aromatic N) is 2. The molecule has 2 aromatic rings. The molecule has 86 valence electrons. The first kappa shape index (κ1) is 11.4. The first-order valence-corrected chi connectivity index (χ1v) is 5.59. The van der Waals surface area contributed by atoms with Crippen LogP contribution in [-0.4, -0.2) is 4.57 Å². The van der Waals surface area contributed by atoms with E-state index >= 15 is 0 Å². The van der Waals surface area contributed by atoms with Crippen LogP contribution in [0.4, 0.5) is 0 Å². The highest BCUT2D eigenvalue weighted by Gasteiger charge is 1.97. The van der Waals surface area contributed by atoms with Crippen LogP contribution >= 0.6 is 0 Å². The maximum Gasteiger partial charge on any atom is 0.0991 e. The van der Waals surface area contributed by atoms with E-state index in [1.807, 2.05) is 43.6 Å². The molecule has 2 rings (SSSR count). The third-order valence-electron chi connectivity index (χ3n) is 2.77. The summed E-state index contributed by atoms with van der Waals surface area (Å²) in [5, 5.41) is 12.1. The minimum atomic E-state index is 0.705. The average Bonchev–Trinajstić information content (AvgIpc) is 2.76. The lowest BCUT2D eigenvalue weighted by molar-refractivity contribution is 0.655. The maximum absolute atomic E-state index is 8.69. The highest BCUT2D eigenvalue weighted by molar-refractivity contribution is 5.31. The van der Waals surface area contributed by atoms with Crippen molar-refractivity contribution in [1.29, 1.82) is 5.26 Å². The summed E-state index contributed by atoms with van der Waals surface area (Å²) in [7, 11) is 2.04. The van der Waals surface area contributed by atoms with Gasteiger partial charge in [-0.2, -0.15) is 5.26 Å². The Labute approximate surface area is 101 Å². The predicted octanol–water partition coefficient (Wildman–Crippen LogP) is 2.19. The van der Waals surface area contributed by atoms with E-state index in [2.05, 4.69) is 22.0 Å². The van der Waals surface area contributed by atoms with Gasteiger partial charge < -0.3 is 9.88 Å². The van der Waals surface area contributed by atoms with E-state index in [4.69, 9.17) is 5.26 Å². The molecule has 0 aliphatic rings. The Morgan fingerprint density at radius 3 is 2.53 bits per heavy atom. The zero-order valence-corrected chi connectivity index (χ0v) is 9.85. The minimum Gasteiger partial charge on any atom is -0.353 e. The molecular formula is C14H15N3. The Morgan fingerprint density at radius 1 is 1.18 bits per heavy atom. The second kappa shape index (κ2) is 5.33. The van der Waals surface area contributed by atoms with Crippen molar-refractivity contribution in [3.8, 4) is 6.07 Å². The molecule has 0 amide bonds. The number of hydrogen-bond donors (Lipinski definition) is 1. The van der Waals surface area contributed by atoms with Crippen LogP contribution in [0.25, 0.3) is 0 Å². The Balaban J connectivity index is 1.86. The first-order valence-electron chi connectivity index (χ1n) is 5.59. The molecule has 17 heavy (non-hydrogen) atoms. The van der Waals surface area contributed by atoms with Gasteiger partial charge in [-0.1, -0.05) is 12.1 Å². The van der Waals surface area contributed by atoms with Gasteiger partial charge in [0.05, 0.1) is 11.6 Å². The van der Waals surface area contributed by atoms with Crippen molar-refractivity contribution in [3.63, 3.8) is 0 Å². The Hall–Kier alpha value is -2.05. The summed E-state index contributed by atoms with van der Waals surface area (Å²) in [6.45, 7) is 1.67. The molecule has 1 aromatic carbocycles. The molecule has 0 bridgehead atoms. The van der Waals surface area contributed by atoms with Gasteiger partial charge in [0.25, 0.3) is 0 Å². The molecule has 0 atom stereocenters. The summed E-state index contributed by atoms with van der Waals surface area (Å²) in [4.78, 5) is 0. The number of aryl methyl sites for hydroxylation is 1. The summed E-state index contributed by atoms with van der Waals surface area (Å²) in [6.07, 6.45) is 2.04. The van der Waals surface area contributed by atoms with Crippen molar-refractivity contribution in [2.45, 2.75) is 13.1 Å². The van der Waals surface area contributed by atoms with E-state index in [0.717, 1.165) is 13.1 Å². The number of hydrogen-bond acceptors (Lipinski definition) is 2. The Bertz CT molecular complexity index is 517. The minimum absolute atomic E-state index is 0.705. The molecule has 0 radical (unpaired) electrons. The number of aromatic nitrogens is 1. The topological polar surface area (TPSA) is 40.8 Å². The van der Waals surface area contributed by atoms with Crippen molar-refractivity contribution in [2.75, 3.05) is 0 Å². The predicted molar refractivity (Wildman–Crippen MR) is 67.1 cm³/mol. The summed E-state index contributed by atoms with van der Waals surface area (Å²) >= 11 is 0. The maximum atomic E-state index is 8.69. The second-order valence-corrected chi connectivity index (χ2v) is 4.02. The molecule has 1 heterocycles. The lowest BCUT2D eigenvalue weighted by Gasteiger charge is -2.06. The van der Waals surface area contributed by atoms with E-state index in [9.17, 15) is 0 Å². The van der Waals surface area contributed by atoms with Gasteiger partial charge in [0.15, 0.2) is 0 Å². The lowest BCUT2D eigenvalue weighted by atomic mass is 10.1. The van der Waals surface area contributed by atoms with Crippen LogP contribution < -0.4 is 5.32 Å². The van der Waals surface area contributed by atoms with E-state index in [1.165, 1.54) is 11.3 Å².